The molecule has 0 aromatic heterocycles. The second-order valence-corrected chi connectivity index (χ2v) is 6.29. The maximum absolute atomic E-state index is 11.3. The summed E-state index contributed by atoms with van der Waals surface area (Å²) in [6, 6.07) is 5.41. The zero-order chi connectivity index (χ0) is 13.3. The van der Waals surface area contributed by atoms with Crippen molar-refractivity contribution in [2.24, 2.45) is 10.9 Å². The van der Waals surface area contributed by atoms with E-state index in [0.29, 0.717) is 12.6 Å². The van der Waals surface area contributed by atoms with Crippen LogP contribution in [0.3, 0.4) is 0 Å². The third kappa shape index (κ3) is 2.50. The zero-order valence-electron chi connectivity index (χ0n) is 10.5. The van der Waals surface area contributed by atoms with Crippen molar-refractivity contribution in [3.05, 3.63) is 23.8 Å². The van der Waals surface area contributed by atoms with Crippen LogP contribution >= 0.6 is 0 Å². The monoisotopic (exact) mass is 269 g/mol. The Labute approximate surface area is 108 Å². The van der Waals surface area contributed by atoms with Crippen LogP contribution in [0.1, 0.15) is 25.3 Å². The van der Waals surface area contributed by atoms with Crippen molar-refractivity contribution < 1.29 is 8.42 Å². The molecule has 0 saturated carbocycles. The molecule has 5 nitrogen and oxygen atoms in total. The molecule has 0 bridgehead atoms. The zero-order valence-corrected chi connectivity index (χ0v) is 11.3. The van der Waals surface area contributed by atoms with Crippen LogP contribution in [-0.2, 0) is 16.6 Å². The van der Waals surface area contributed by atoms with Gasteiger partial charge in [-0.15, -0.1) is 0 Å². The number of hydrogen-bond acceptors (Lipinski definition) is 4. The van der Waals surface area contributed by atoms with E-state index >= 15 is 0 Å². The van der Waals surface area contributed by atoms with Gasteiger partial charge in [0.25, 0.3) is 0 Å². The van der Waals surface area contributed by atoms with Gasteiger partial charge >= 0.3 is 0 Å². The number of nitrogens with zero attached hydrogens (tertiary/aromatic N) is 1. The van der Waals surface area contributed by atoms with Crippen LogP contribution in [0.4, 0.5) is 5.69 Å². The predicted octanol–water partition coefficient (Wildman–Crippen LogP) is 0.781. The standard InChI is InChI=1S/C12H19N3O2S/c1-9-3-2-6-15(9)12-5-4-11(18(14,16)17)7-10(12)8-13/h4-5,7,9H,2-3,6,8,13H2,1H3,(H2,14,16,17)/t9-/m0/s1. The van der Waals surface area contributed by atoms with Gasteiger partial charge in [-0.2, -0.15) is 0 Å². The van der Waals surface area contributed by atoms with Crippen molar-refractivity contribution in [1.29, 1.82) is 0 Å². The summed E-state index contributed by atoms with van der Waals surface area (Å²) in [5.41, 5.74) is 7.57. The summed E-state index contributed by atoms with van der Waals surface area (Å²) in [6.07, 6.45) is 2.31. The van der Waals surface area contributed by atoms with Crippen molar-refractivity contribution in [2.45, 2.75) is 37.2 Å². The summed E-state index contributed by atoms with van der Waals surface area (Å²) in [4.78, 5) is 2.40. The molecule has 0 aliphatic carbocycles. The fourth-order valence-electron chi connectivity index (χ4n) is 2.47. The van der Waals surface area contributed by atoms with Gasteiger partial charge in [0.15, 0.2) is 0 Å². The molecule has 1 aromatic carbocycles. The number of anilines is 1. The number of primary sulfonamides is 1. The topological polar surface area (TPSA) is 89.4 Å². The van der Waals surface area contributed by atoms with E-state index in [9.17, 15) is 8.42 Å². The molecular weight excluding hydrogens is 250 g/mol. The number of rotatable bonds is 3. The predicted molar refractivity (Wildman–Crippen MR) is 71.7 cm³/mol. The Morgan fingerprint density at radius 3 is 2.67 bits per heavy atom. The van der Waals surface area contributed by atoms with Gasteiger partial charge in [-0.3, -0.25) is 0 Å². The number of sulfonamides is 1. The SMILES string of the molecule is C[C@H]1CCCN1c1ccc(S(N)(=O)=O)cc1CN. The lowest BCUT2D eigenvalue weighted by atomic mass is 10.1. The van der Waals surface area contributed by atoms with Gasteiger partial charge < -0.3 is 10.6 Å². The average Bonchev–Trinajstić information content (AvgIpc) is 2.73. The maximum Gasteiger partial charge on any atom is 0.238 e. The van der Waals surface area contributed by atoms with E-state index in [1.807, 2.05) is 6.07 Å². The molecule has 2 rings (SSSR count). The third-order valence-electron chi connectivity index (χ3n) is 3.46. The first-order valence-corrected chi connectivity index (χ1v) is 7.60. The summed E-state index contributed by atoms with van der Waals surface area (Å²) < 4.78 is 22.6. The van der Waals surface area contributed by atoms with Crippen LogP contribution in [-0.4, -0.2) is 21.0 Å². The summed E-state index contributed by atoms with van der Waals surface area (Å²) >= 11 is 0. The van der Waals surface area contributed by atoms with Crippen LogP contribution in [0.2, 0.25) is 0 Å². The molecule has 1 heterocycles. The molecule has 1 fully saturated rings. The molecule has 1 aliphatic heterocycles. The van der Waals surface area contributed by atoms with E-state index in [1.165, 1.54) is 0 Å². The molecule has 1 saturated heterocycles. The second-order valence-electron chi connectivity index (χ2n) is 4.72. The van der Waals surface area contributed by atoms with Crippen LogP contribution in [0.5, 0.6) is 0 Å². The fourth-order valence-corrected chi connectivity index (χ4v) is 3.04. The quantitative estimate of drug-likeness (QED) is 0.848. The first-order chi connectivity index (χ1) is 8.43. The van der Waals surface area contributed by atoms with E-state index < -0.39 is 10.0 Å². The molecule has 0 radical (unpaired) electrons. The highest BCUT2D eigenvalue weighted by atomic mass is 32.2. The smallest absolute Gasteiger partial charge is 0.238 e. The highest BCUT2D eigenvalue weighted by Crippen LogP contribution is 2.29. The number of nitrogens with two attached hydrogens (primary N) is 2. The molecule has 100 valence electrons. The Bertz CT molecular complexity index is 542. The molecule has 0 spiro atoms. The van der Waals surface area contributed by atoms with Gasteiger partial charge in [-0.05, 0) is 43.5 Å². The lowest BCUT2D eigenvalue weighted by molar-refractivity contribution is 0.597. The Balaban J connectivity index is 2.43. The first kappa shape index (κ1) is 13.3. The van der Waals surface area contributed by atoms with Crippen molar-refractivity contribution in [2.75, 3.05) is 11.4 Å². The van der Waals surface area contributed by atoms with Gasteiger partial charge in [0.05, 0.1) is 4.90 Å². The minimum Gasteiger partial charge on any atom is -0.369 e. The maximum atomic E-state index is 11.3. The average molecular weight is 269 g/mol. The van der Waals surface area contributed by atoms with E-state index in [4.69, 9.17) is 10.9 Å². The van der Waals surface area contributed by atoms with E-state index in [2.05, 4.69) is 11.8 Å². The molecule has 1 aliphatic rings. The minimum absolute atomic E-state index is 0.124. The van der Waals surface area contributed by atoms with Crippen molar-refractivity contribution in [1.82, 2.24) is 0 Å². The molecular formula is C12H19N3O2S. The molecule has 0 unspecified atom stereocenters. The fraction of sp³-hybridized carbons (Fsp3) is 0.500. The lowest BCUT2D eigenvalue weighted by Crippen LogP contribution is -2.28. The Morgan fingerprint density at radius 2 is 2.17 bits per heavy atom. The van der Waals surface area contributed by atoms with Gasteiger partial charge in [-0.25, -0.2) is 13.6 Å². The van der Waals surface area contributed by atoms with Crippen LogP contribution in [0, 0.1) is 0 Å². The van der Waals surface area contributed by atoms with E-state index in [1.54, 1.807) is 12.1 Å². The Kier molecular flexibility index (Phi) is 3.61. The second kappa shape index (κ2) is 4.87. The minimum atomic E-state index is -3.66. The molecule has 18 heavy (non-hydrogen) atoms. The van der Waals surface area contributed by atoms with Gasteiger partial charge in [0.1, 0.15) is 0 Å². The normalized spacial score (nSPS) is 20.4. The Morgan fingerprint density at radius 1 is 1.44 bits per heavy atom. The van der Waals surface area contributed by atoms with Crippen molar-refractivity contribution >= 4 is 15.7 Å². The highest BCUT2D eigenvalue weighted by Gasteiger charge is 2.23. The van der Waals surface area contributed by atoms with Crippen LogP contribution in [0.15, 0.2) is 23.1 Å². The largest absolute Gasteiger partial charge is 0.369 e. The molecule has 0 amide bonds. The number of benzene rings is 1. The van der Waals surface area contributed by atoms with Crippen molar-refractivity contribution in [3.8, 4) is 0 Å². The molecule has 4 N–H and O–H groups in total. The summed E-state index contributed by atoms with van der Waals surface area (Å²) in [7, 11) is -3.66. The van der Waals surface area contributed by atoms with Crippen LogP contribution in [0.25, 0.3) is 0 Å². The molecule has 1 aromatic rings. The van der Waals surface area contributed by atoms with E-state index in [0.717, 1.165) is 30.6 Å². The third-order valence-corrected chi connectivity index (χ3v) is 4.37. The molecule has 1 atom stereocenters. The van der Waals surface area contributed by atoms with Gasteiger partial charge in [-0.1, -0.05) is 0 Å². The lowest BCUT2D eigenvalue weighted by Gasteiger charge is -2.26. The number of hydrogen-bond donors (Lipinski definition) is 2. The van der Waals surface area contributed by atoms with Gasteiger partial charge in [0.2, 0.25) is 10.0 Å². The summed E-state index contributed by atoms with van der Waals surface area (Å²) in [5, 5.41) is 5.13. The van der Waals surface area contributed by atoms with E-state index in [-0.39, 0.29) is 4.90 Å². The highest BCUT2D eigenvalue weighted by molar-refractivity contribution is 7.89. The van der Waals surface area contributed by atoms with Crippen LogP contribution < -0.4 is 15.8 Å². The summed E-state index contributed by atoms with van der Waals surface area (Å²) in [5.74, 6) is 0. The Hall–Kier alpha value is -1.11. The van der Waals surface area contributed by atoms with Crippen molar-refractivity contribution in [3.63, 3.8) is 0 Å². The first-order valence-electron chi connectivity index (χ1n) is 6.06. The molecule has 6 heteroatoms. The summed E-state index contributed by atoms with van der Waals surface area (Å²) in [6.45, 7) is 3.46. The van der Waals surface area contributed by atoms with Gasteiger partial charge in [0, 0.05) is 24.8 Å².